The van der Waals surface area contributed by atoms with Crippen molar-refractivity contribution in [1.29, 1.82) is 0 Å². The van der Waals surface area contributed by atoms with E-state index in [1.54, 1.807) is 0 Å². The van der Waals surface area contributed by atoms with Crippen molar-refractivity contribution < 1.29 is 43.2 Å². The number of hydrogen-bond acceptors (Lipinski definition) is 4. The molecule has 0 aliphatic heterocycles. The smallest absolute Gasteiger partial charge is 0.218 e. The van der Waals surface area contributed by atoms with Crippen LogP contribution in [0.4, 0.5) is 26.3 Å². The minimum absolute atomic E-state index is 0.207. The van der Waals surface area contributed by atoms with Gasteiger partial charge in [-0.1, -0.05) is 13.3 Å². The fourth-order valence-electron chi connectivity index (χ4n) is 1.48. The van der Waals surface area contributed by atoms with Gasteiger partial charge in [-0.15, -0.1) is 22.2 Å². The molecule has 0 aromatic heterocycles. The van der Waals surface area contributed by atoms with Gasteiger partial charge >= 0.3 is 11.0 Å². The van der Waals surface area contributed by atoms with E-state index in [4.69, 9.17) is 22.2 Å². The second-order valence-corrected chi connectivity index (χ2v) is 16.9. The van der Waals surface area contributed by atoms with Gasteiger partial charge in [0.25, 0.3) is 26.4 Å². The van der Waals surface area contributed by atoms with Crippen molar-refractivity contribution in [3.05, 3.63) is 0 Å². The topological polar surface area (TPSA) is 68.3 Å². The molecular formula is C8H12Cl2F6O4S2Si. The Hall–Kier alpha value is 0.277. The maximum Gasteiger partial charge on any atom is 0.498 e. The fourth-order valence-corrected chi connectivity index (χ4v) is 6.89. The van der Waals surface area contributed by atoms with Crippen molar-refractivity contribution in [2.24, 2.45) is 0 Å². The maximum absolute atomic E-state index is 12.5. The number of sulfone groups is 2. The van der Waals surface area contributed by atoms with Gasteiger partial charge in [0, 0.05) is 0 Å². The predicted molar refractivity (Wildman–Crippen MR) is 75.7 cm³/mol. The van der Waals surface area contributed by atoms with Crippen LogP contribution in [0.3, 0.4) is 0 Å². The molecule has 0 aliphatic rings. The number of alkyl halides is 6. The molecule has 0 aliphatic carbocycles. The van der Waals surface area contributed by atoms with Crippen LogP contribution in [0.2, 0.25) is 12.1 Å². The Balaban J connectivity index is 5.72. The van der Waals surface area contributed by atoms with E-state index >= 15 is 0 Å². The molecule has 0 fully saturated rings. The first-order chi connectivity index (χ1) is 9.90. The van der Waals surface area contributed by atoms with Gasteiger partial charge < -0.3 is 0 Å². The highest BCUT2D eigenvalue weighted by Gasteiger charge is 2.62. The van der Waals surface area contributed by atoms with Crippen LogP contribution in [0.25, 0.3) is 0 Å². The van der Waals surface area contributed by atoms with E-state index in [1.165, 1.54) is 6.92 Å². The SMILES string of the molecule is CC[Si](Cl)(Cl)CCCC(S(=O)(=O)C(F)(F)F)S(=O)(=O)C(F)(F)F. The van der Waals surface area contributed by atoms with Crippen LogP contribution in [0.15, 0.2) is 0 Å². The van der Waals surface area contributed by atoms with E-state index in [1.807, 2.05) is 0 Å². The number of hydrogen-bond donors (Lipinski definition) is 0. The van der Waals surface area contributed by atoms with Crippen molar-refractivity contribution in [2.45, 2.75) is 47.5 Å². The van der Waals surface area contributed by atoms with Gasteiger partial charge in [0.05, 0.1) is 0 Å². The van der Waals surface area contributed by atoms with Crippen molar-refractivity contribution >= 4 is 48.5 Å². The van der Waals surface area contributed by atoms with Crippen LogP contribution in [-0.2, 0) is 19.7 Å². The van der Waals surface area contributed by atoms with E-state index in [0.717, 1.165) is 0 Å². The molecule has 23 heavy (non-hydrogen) atoms. The largest absolute Gasteiger partial charge is 0.498 e. The molecule has 0 aromatic rings. The molecule has 0 saturated carbocycles. The van der Waals surface area contributed by atoms with Gasteiger partial charge in [0.2, 0.25) is 0 Å². The Bertz CT molecular complexity index is 569. The summed E-state index contributed by atoms with van der Waals surface area (Å²) in [4.78, 5) is 0. The average molecular weight is 449 g/mol. The monoisotopic (exact) mass is 448 g/mol. The second-order valence-electron chi connectivity index (χ2n) is 4.51. The highest BCUT2D eigenvalue weighted by molar-refractivity contribution is 8.09. The van der Waals surface area contributed by atoms with Crippen molar-refractivity contribution in [3.63, 3.8) is 0 Å². The third kappa shape index (κ3) is 5.65. The summed E-state index contributed by atoms with van der Waals surface area (Å²) in [6.45, 7) is -1.43. The van der Waals surface area contributed by atoms with Crippen molar-refractivity contribution in [1.82, 2.24) is 0 Å². The summed E-state index contributed by atoms with van der Waals surface area (Å²) in [6.07, 6.45) is -2.01. The predicted octanol–water partition coefficient (Wildman–Crippen LogP) is 3.90. The van der Waals surface area contributed by atoms with Gasteiger partial charge in [-0.05, 0) is 18.5 Å². The molecule has 0 amide bonds. The zero-order valence-corrected chi connectivity index (χ0v) is 15.5. The summed E-state index contributed by atoms with van der Waals surface area (Å²) < 4.78 is 116. The zero-order valence-electron chi connectivity index (χ0n) is 11.4. The number of halogens is 8. The molecule has 0 saturated heterocycles. The molecule has 4 nitrogen and oxygen atoms in total. The van der Waals surface area contributed by atoms with Crippen LogP contribution in [0.5, 0.6) is 0 Å². The van der Waals surface area contributed by atoms with Gasteiger partial charge in [-0.2, -0.15) is 26.3 Å². The van der Waals surface area contributed by atoms with Gasteiger partial charge in [-0.25, -0.2) is 16.8 Å². The standard InChI is InChI=1S/C8H12Cl2F6O4S2Si/c1-2-23(9,10)5-3-4-6(21(17,18)7(11,12)13)22(19,20)8(14,15)16/h6H,2-5H2,1H3. The molecule has 140 valence electrons. The second kappa shape index (κ2) is 7.26. The Morgan fingerprint density at radius 1 is 0.913 bits per heavy atom. The minimum atomic E-state index is -6.58. The third-order valence-electron chi connectivity index (χ3n) is 2.84. The lowest BCUT2D eigenvalue weighted by Crippen LogP contribution is -2.45. The Morgan fingerprint density at radius 3 is 1.52 bits per heavy atom. The zero-order chi connectivity index (χ0) is 18.9. The van der Waals surface area contributed by atoms with E-state index < -0.39 is 54.8 Å². The average Bonchev–Trinajstić information content (AvgIpc) is 2.31. The Labute approximate surface area is 139 Å². The van der Waals surface area contributed by atoms with Crippen LogP contribution < -0.4 is 0 Å². The lowest BCUT2D eigenvalue weighted by Gasteiger charge is -2.22. The normalized spacial score (nSPS) is 15.2. The summed E-state index contributed by atoms with van der Waals surface area (Å²) >= 11 is 11.5. The minimum Gasteiger partial charge on any atom is -0.218 e. The molecule has 0 aromatic carbocycles. The molecule has 0 atom stereocenters. The molecule has 15 heteroatoms. The van der Waals surface area contributed by atoms with Crippen LogP contribution in [-0.4, -0.2) is 39.1 Å². The third-order valence-corrected chi connectivity index (χ3v) is 12.4. The lowest BCUT2D eigenvalue weighted by molar-refractivity contribution is -0.0472. The van der Waals surface area contributed by atoms with E-state index in [0.29, 0.717) is 0 Å². The summed E-state index contributed by atoms with van der Waals surface area (Å²) in [5.74, 6) is 0. The highest BCUT2D eigenvalue weighted by Crippen LogP contribution is 2.39. The van der Waals surface area contributed by atoms with Crippen LogP contribution >= 0.6 is 22.2 Å². The molecule has 0 spiro atoms. The van der Waals surface area contributed by atoms with E-state index in [-0.39, 0.29) is 12.1 Å². The van der Waals surface area contributed by atoms with Crippen LogP contribution in [0.1, 0.15) is 19.8 Å². The lowest BCUT2D eigenvalue weighted by atomic mass is 10.4. The number of rotatable bonds is 7. The first-order valence-electron chi connectivity index (χ1n) is 5.88. The first-order valence-corrected chi connectivity index (χ1v) is 13.4. The first kappa shape index (κ1) is 23.3. The molecular weight excluding hydrogens is 437 g/mol. The summed E-state index contributed by atoms with van der Waals surface area (Å²) in [6, 6.07) is -0.0390. The molecule has 0 rings (SSSR count). The summed E-state index contributed by atoms with van der Waals surface area (Å²) in [5.41, 5.74) is -12.3. The van der Waals surface area contributed by atoms with E-state index in [2.05, 4.69) is 0 Å². The van der Waals surface area contributed by atoms with Crippen LogP contribution in [0, 0.1) is 0 Å². The summed E-state index contributed by atoms with van der Waals surface area (Å²) in [7, 11) is -13.2. The molecule has 0 N–H and O–H groups in total. The van der Waals surface area contributed by atoms with Gasteiger partial charge in [0.1, 0.15) is 0 Å². The highest BCUT2D eigenvalue weighted by atomic mass is 35.7. The molecule has 0 unspecified atom stereocenters. The summed E-state index contributed by atoms with van der Waals surface area (Å²) in [5, 5.41) is 0. The molecule has 0 bridgehead atoms. The molecule has 0 radical (unpaired) electrons. The van der Waals surface area contributed by atoms with Gasteiger partial charge in [0.15, 0.2) is 4.58 Å². The maximum atomic E-state index is 12.5. The van der Waals surface area contributed by atoms with Crippen molar-refractivity contribution in [3.8, 4) is 0 Å². The van der Waals surface area contributed by atoms with Crippen molar-refractivity contribution in [2.75, 3.05) is 0 Å². The Kier molecular flexibility index (Phi) is 7.34. The Morgan fingerprint density at radius 2 is 1.26 bits per heavy atom. The van der Waals surface area contributed by atoms with E-state index in [9.17, 15) is 43.2 Å². The van der Waals surface area contributed by atoms with Gasteiger partial charge in [-0.3, -0.25) is 0 Å². The fraction of sp³-hybridized carbons (Fsp3) is 1.00. The molecule has 0 heterocycles. The quantitative estimate of drug-likeness (QED) is 0.336.